The lowest BCUT2D eigenvalue weighted by Crippen LogP contribution is -2.38. The number of amides is 1. The number of hydrogen-bond acceptors (Lipinski definition) is 9. The number of hydrogen-bond donors (Lipinski definition) is 2. The Morgan fingerprint density at radius 1 is 1.00 bits per heavy atom. The molecule has 1 amide bonds. The van der Waals surface area contributed by atoms with Crippen LogP contribution < -0.4 is 26.2 Å². The average Bonchev–Trinajstić information content (AvgIpc) is 3.26. The van der Waals surface area contributed by atoms with Crippen molar-refractivity contribution in [2.45, 2.75) is 13.8 Å². The number of rotatable bonds is 8. The van der Waals surface area contributed by atoms with Crippen LogP contribution in [0.1, 0.15) is 37.4 Å². The number of aryl methyl sites for hydroxylation is 1. The normalized spacial score (nSPS) is 12.6. The molecule has 1 aliphatic rings. The molecular weight excluding hydrogens is 520 g/mol. The highest BCUT2D eigenvalue weighted by Gasteiger charge is 2.28. The molecule has 0 spiro atoms. The van der Waals surface area contributed by atoms with Gasteiger partial charge in [0.1, 0.15) is 13.1 Å². The zero-order valence-corrected chi connectivity index (χ0v) is 22.2. The Labute approximate surface area is 227 Å². The number of carbonyl (C=O) groups excluding carboxylic acids is 3. The standard InChI is InChI=1S/C28H26N4O8/c1-15-11-20(31(13-22(33)39-3)14-23(34)40-4)10-7-18(15)12-21-16(2)24-25(29-26(21)35)30-32(27(24)36)19-8-5-17(6-9-19)28(37)38/h5-12H,13-14H2,1-4H3,(H,37,38)(H,29,30,35)/b21-12-. The van der Waals surface area contributed by atoms with Crippen LogP contribution in [0.2, 0.25) is 0 Å². The van der Waals surface area contributed by atoms with Gasteiger partial charge in [-0.25, -0.2) is 4.79 Å². The number of benzene rings is 2. The smallest absolute Gasteiger partial charge is 0.335 e. The molecule has 4 rings (SSSR count). The summed E-state index contributed by atoms with van der Waals surface area (Å²) >= 11 is 0. The molecule has 40 heavy (non-hydrogen) atoms. The van der Waals surface area contributed by atoms with E-state index in [1.807, 2.05) is 6.92 Å². The molecule has 1 aliphatic heterocycles. The van der Waals surface area contributed by atoms with Crippen molar-refractivity contribution in [3.05, 3.63) is 91.3 Å². The van der Waals surface area contributed by atoms with Crippen LogP contribution in [0.3, 0.4) is 0 Å². The van der Waals surface area contributed by atoms with E-state index in [0.29, 0.717) is 22.5 Å². The molecule has 0 fully saturated rings. The van der Waals surface area contributed by atoms with Gasteiger partial charge in [-0.2, -0.15) is 5.01 Å². The number of nitrogens with zero attached hydrogens (tertiary/aromatic N) is 3. The van der Waals surface area contributed by atoms with E-state index in [2.05, 4.69) is 10.1 Å². The third-order valence-electron chi connectivity index (χ3n) is 6.47. The van der Waals surface area contributed by atoms with Gasteiger partial charge in [0.05, 0.1) is 31.0 Å². The summed E-state index contributed by atoms with van der Waals surface area (Å²) < 4.78 is 9.47. The summed E-state index contributed by atoms with van der Waals surface area (Å²) in [6.45, 7) is 3.13. The summed E-state index contributed by atoms with van der Waals surface area (Å²) in [7, 11) is 2.51. The number of carbonyl (C=O) groups is 4. The number of aromatic amines is 1. The van der Waals surface area contributed by atoms with Crippen LogP contribution in [-0.2, 0) is 19.1 Å². The fourth-order valence-corrected chi connectivity index (χ4v) is 4.26. The molecule has 0 unspecified atom stereocenters. The van der Waals surface area contributed by atoms with E-state index in [1.54, 1.807) is 31.2 Å². The monoisotopic (exact) mass is 546 g/mol. The Morgan fingerprint density at radius 2 is 1.62 bits per heavy atom. The van der Waals surface area contributed by atoms with E-state index < -0.39 is 29.4 Å². The average molecular weight is 547 g/mol. The lowest BCUT2D eigenvalue weighted by Gasteiger charge is -2.23. The Bertz CT molecular complexity index is 1690. The number of esters is 2. The summed E-state index contributed by atoms with van der Waals surface area (Å²) in [4.78, 5) is 65.4. The maximum atomic E-state index is 13.3. The van der Waals surface area contributed by atoms with Crippen molar-refractivity contribution < 1.29 is 33.8 Å². The van der Waals surface area contributed by atoms with Gasteiger partial charge in [0.15, 0.2) is 5.49 Å². The van der Waals surface area contributed by atoms with Gasteiger partial charge in [-0.1, -0.05) is 6.07 Å². The van der Waals surface area contributed by atoms with E-state index in [1.165, 1.54) is 43.4 Å². The molecule has 12 heteroatoms. The summed E-state index contributed by atoms with van der Waals surface area (Å²) in [6.07, 6.45) is 1.65. The molecule has 0 radical (unpaired) electrons. The Morgan fingerprint density at radius 3 is 2.17 bits per heavy atom. The zero-order valence-electron chi connectivity index (χ0n) is 22.2. The number of carboxylic acids is 1. The van der Waals surface area contributed by atoms with E-state index in [-0.39, 0.29) is 34.9 Å². The number of aromatic carboxylic acids is 1. The van der Waals surface area contributed by atoms with Crippen molar-refractivity contribution >= 4 is 41.3 Å². The number of methoxy groups -OCH3 is 2. The highest BCUT2D eigenvalue weighted by atomic mass is 16.5. The largest absolute Gasteiger partial charge is 0.478 e. The number of ether oxygens (including phenoxy) is 2. The van der Waals surface area contributed by atoms with Crippen LogP contribution in [0.5, 0.6) is 0 Å². The van der Waals surface area contributed by atoms with E-state index in [9.17, 15) is 24.0 Å². The topological polar surface area (TPSA) is 159 Å². The molecule has 12 nitrogen and oxygen atoms in total. The van der Waals surface area contributed by atoms with Gasteiger partial charge in [-0.15, -0.1) is 5.10 Å². The number of nitrogens with one attached hydrogen (secondary N) is 1. The Balaban J connectivity index is 1.70. The fourth-order valence-electron chi connectivity index (χ4n) is 4.26. The molecule has 0 saturated heterocycles. The van der Waals surface area contributed by atoms with Crippen molar-refractivity contribution in [2.24, 2.45) is 5.10 Å². The molecule has 0 saturated carbocycles. The first-order valence-electron chi connectivity index (χ1n) is 12.0. The molecule has 1 aromatic heterocycles. The molecule has 206 valence electrons. The molecule has 0 bridgehead atoms. The second-order valence-electron chi connectivity index (χ2n) is 8.98. The Hall–Kier alpha value is -5.26. The lowest BCUT2D eigenvalue weighted by atomic mass is 10.0. The van der Waals surface area contributed by atoms with Crippen LogP contribution in [0.4, 0.5) is 11.4 Å². The molecule has 0 aliphatic carbocycles. The lowest BCUT2D eigenvalue weighted by molar-refractivity contribution is -0.140. The molecule has 0 atom stereocenters. The minimum atomic E-state index is -1.09. The van der Waals surface area contributed by atoms with Crippen molar-refractivity contribution in [1.29, 1.82) is 0 Å². The highest BCUT2D eigenvalue weighted by Crippen LogP contribution is 2.22. The first kappa shape index (κ1) is 27.8. The van der Waals surface area contributed by atoms with Crippen molar-refractivity contribution in [3.8, 4) is 0 Å². The van der Waals surface area contributed by atoms with Crippen molar-refractivity contribution in [1.82, 2.24) is 4.98 Å². The first-order chi connectivity index (χ1) is 19.0. The Kier molecular flexibility index (Phi) is 7.80. The molecule has 3 aromatic rings. The van der Waals surface area contributed by atoms with E-state index in [0.717, 1.165) is 10.6 Å². The third-order valence-corrected chi connectivity index (χ3v) is 6.47. The molecule has 2 N–H and O–H groups in total. The summed E-state index contributed by atoms with van der Waals surface area (Å²) in [6, 6.07) is 10.9. The summed E-state index contributed by atoms with van der Waals surface area (Å²) in [5.41, 5.74) is 2.73. The maximum Gasteiger partial charge on any atom is 0.335 e. The molecule has 2 aromatic carbocycles. The number of fused-ring (bicyclic) bond motifs is 1. The van der Waals surface area contributed by atoms with Gasteiger partial charge in [0, 0.05) is 10.9 Å². The zero-order chi connectivity index (χ0) is 29.1. The van der Waals surface area contributed by atoms with Gasteiger partial charge in [-0.05, 0) is 73.0 Å². The first-order valence-corrected chi connectivity index (χ1v) is 12.0. The summed E-state index contributed by atoms with van der Waals surface area (Å²) in [5, 5.41) is 14.7. The highest BCUT2D eigenvalue weighted by molar-refractivity contribution is 6.08. The van der Waals surface area contributed by atoms with Crippen LogP contribution in [-0.4, -0.2) is 61.2 Å². The number of aromatic nitrogens is 1. The fraction of sp³-hybridized carbons (Fsp3) is 0.214. The maximum absolute atomic E-state index is 13.3. The van der Waals surface area contributed by atoms with Crippen molar-refractivity contribution in [2.75, 3.05) is 37.2 Å². The second-order valence-corrected chi connectivity index (χ2v) is 8.98. The third kappa shape index (κ3) is 5.46. The van der Waals surface area contributed by atoms with Gasteiger partial charge >= 0.3 is 17.9 Å². The number of pyridine rings is 1. The predicted molar refractivity (Wildman–Crippen MR) is 144 cm³/mol. The molecular formula is C28H26N4O8. The van der Waals surface area contributed by atoms with Gasteiger partial charge < -0.3 is 24.5 Å². The number of H-pyrrole nitrogens is 1. The van der Waals surface area contributed by atoms with Crippen LogP contribution in [0, 0.1) is 13.8 Å². The number of carboxylic acid groups (broad SMARTS) is 1. The SMILES string of the molecule is COC(=O)CN(CC(=O)OC)c1ccc(/C=c2/c(C)c3c([nH]c2=O)=NN(c2ccc(C(=O)O)cc2)C3=O)c(C)c1. The van der Waals surface area contributed by atoms with Gasteiger partial charge in [-0.3, -0.25) is 19.2 Å². The summed E-state index contributed by atoms with van der Waals surface area (Å²) in [5.74, 6) is -2.61. The predicted octanol–water partition coefficient (Wildman–Crippen LogP) is 0.866. The van der Waals surface area contributed by atoms with Gasteiger partial charge in [0.2, 0.25) is 0 Å². The van der Waals surface area contributed by atoms with E-state index >= 15 is 0 Å². The molecule has 2 heterocycles. The minimum absolute atomic E-state index is 0.0643. The van der Waals surface area contributed by atoms with Crippen LogP contribution >= 0.6 is 0 Å². The van der Waals surface area contributed by atoms with Crippen LogP contribution in [0.25, 0.3) is 6.08 Å². The van der Waals surface area contributed by atoms with Crippen molar-refractivity contribution in [3.63, 3.8) is 0 Å². The number of anilines is 2. The van der Waals surface area contributed by atoms with Crippen LogP contribution in [0.15, 0.2) is 52.4 Å². The van der Waals surface area contributed by atoms with E-state index in [4.69, 9.17) is 14.6 Å². The van der Waals surface area contributed by atoms with Gasteiger partial charge in [0.25, 0.3) is 11.5 Å². The quantitative estimate of drug-likeness (QED) is 0.391. The second kappa shape index (κ2) is 11.2. The minimum Gasteiger partial charge on any atom is -0.478 e.